The zero-order valence-electron chi connectivity index (χ0n) is 16.8. The molecule has 1 N–H and O–H groups in total. The van der Waals surface area contributed by atoms with Gasteiger partial charge in [-0.3, -0.25) is 14.3 Å². The van der Waals surface area contributed by atoms with Crippen molar-refractivity contribution in [3.05, 3.63) is 35.9 Å². The van der Waals surface area contributed by atoms with Crippen molar-refractivity contribution in [1.29, 1.82) is 0 Å². The summed E-state index contributed by atoms with van der Waals surface area (Å²) in [6, 6.07) is 6.52. The lowest BCUT2D eigenvalue weighted by Crippen LogP contribution is -2.33. The Bertz CT molecular complexity index is 834. The van der Waals surface area contributed by atoms with Crippen molar-refractivity contribution >= 4 is 17.7 Å². The molecule has 8 heteroatoms. The molecule has 156 valence electrons. The largest absolute Gasteiger partial charge is 0.355 e. The van der Waals surface area contributed by atoms with Crippen LogP contribution >= 0.6 is 11.8 Å². The van der Waals surface area contributed by atoms with Gasteiger partial charge >= 0.3 is 0 Å². The third kappa shape index (κ3) is 4.64. The Balaban J connectivity index is 1.68. The summed E-state index contributed by atoms with van der Waals surface area (Å²) in [5, 5.41) is 12.5. The second-order valence-electron chi connectivity index (χ2n) is 7.82. The number of thioether (sulfide) groups is 1. The van der Waals surface area contributed by atoms with Crippen molar-refractivity contribution < 1.29 is 9.18 Å². The van der Waals surface area contributed by atoms with Crippen LogP contribution in [0.4, 0.5) is 4.39 Å². The molecular formula is C21H28FN5OS. The molecule has 2 unspecified atom stereocenters. The van der Waals surface area contributed by atoms with Crippen molar-refractivity contribution in [2.24, 2.45) is 0 Å². The van der Waals surface area contributed by atoms with E-state index in [1.54, 1.807) is 12.1 Å². The molecule has 1 amide bonds. The number of hydrogen-bond donors (Lipinski definition) is 1. The number of hydrogen-bond acceptors (Lipinski definition) is 5. The molecule has 2 saturated heterocycles. The van der Waals surface area contributed by atoms with E-state index in [1.807, 2.05) is 4.57 Å². The number of halogens is 1. The first kappa shape index (κ1) is 20.3. The van der Waals surface area contributed by atoms with Crippen molar-refractivity contribution in [2.75, 3.05) is 19.6 Å². The Morgan fingerprint density at radius 2 is 1.86 bits per heavy atom. The SMILES string of the molecule is CC(c1nnc(SC2CCCCNC2=O)n1-c1ccc(F)cc1)N1CCCCC1. The van der Waals surface area contributed by atoms with Crippen LogP contribution in [0.5, 0.6) is 0 Å². The van der Waals surface area contributed by atoms with E-state index in [2.05, 4.69) is 27.3 Å². The number of nitrogens with one attached hydrogen (secondary N) is 1. The molecule has 1 aromatic heterocycles. The van der Waals surface area contributed by atoms with Crippen LogP contribution in [-0.2, 0) is 4.79 Å². The van der Waals surface area contributed by atoms with Crippen LogP contribution in [0.3, 0.4) is 0 Å². The Morgan fingerprint density at radius 3 is 2.62 bits per heavy atom. The third-order valence-electron chi connectivity index (χ3n) is 5.79. The monoisotopic (exact) mass is 417 g/mol. The Hall–Kier alpha value is -1.93. The van der Waals surface area contributed by atoms with E-state index in [9.17, 15) is 9.18 Å². The standard InChI is InChI=1S/C21H28FN5OS/c1-15(26-13-5-2-6-14-26)19-24-25-21(27(19)17-10-8-16(22)9-11-17)29-18-7-3-4-12-23-20(18)28/h8-11,15,18H,2-7,12-14H2,1H3,(H,23,28). The Morgan fingerprint density at radius 1 is 1.10 bits per heavy atom. The maximum atomic E-state index is 13.5. The summed E-state index contributed by atoms with van der Waals surface area (Å²) in [7, 11) is 0. The minimum atomic E-state index is -0.273. The van der Waals surface area contributed by atoms with E-state index >= 15 is 0 Å². The lowest BCUT2D eigenvalue weighted by Gasteiger charge is -2.32. The number of rotatable bonds is 5. The number of nitrogens with zero attached hydrogens (tertiary/aromatic N) is 4. The normalized spacial score (nSPS) is 22.1. The minimum absolute atomic E-state index is 0.0618. The fourth-order valence-corrected chi connectivity index (χ4v) is 5.20. The molecule has 0 bridgehead atoms. The van der Waals surface area contributed by atoms with Crippen LogP contribution in [-0.4, -0.2) is 50.5 Å². The van der Waals surface area contributed by atoms with Gasteiger partial charge in [-0.2, -0.15) is 0 Å². The molecule has 2 aromatic rings. The number of piperidine rings is 1. The van der Waals surface area contributed by atoms with E-state index in [0.29, 0.717) is 5.16 Å². The highest BCUT2D eigenvalue weighted by Crippen LogP contribution is 2.33. The van der Waals surface area contributed by atoms with E-state index in [0.717, 1.165) is 50.4 Å². The average molecular weight is 418 g/mol. The summed E-state index contributed by atoms with van der Waals surface area (Å²) in [4.78, 5) is 14.9. The maximum Gasteiger partial charge on any atom is 0.233 e. The molecule has 29 heavy (non-hydrogen) atoms. The van der Waals surface area contributed by atoms with Crippen LogP contribution in [0.25, 0.3) is 5.69 Å². The van der Waals surface area contributed by atoms with Gasteiger partial charge in [-0.15, -0.1) is 10.2 Å². The predicted molar refractivity (Wildman–Crippen MR) is 112 cm³/mol. The van der Waals surface area contributed by atoms with Crippen molar-refractivity contribution in [2.45, 2.75) is 61.9 Å². The summed E-state index contributed by atoms with van der Waals surface area (Å²) in [6.45, 7) is 4.98. The van der Waals surface area contributed by atoms with Gasteiger partial charge in [0.05, 0.1) is 11.3 Å². The molecule has 2 fully saturated rings. The molecule has 0 saturated carbocycles. The third-order valence-corrected chi connectivity index (χ3v) is 7.00. The molecular weight excluding hydrogens is 389 g/mol. The Labute approximate surface area is 175 Å². The predicted octanol–water partition coefficient (Wildman–Crippen LogP) is 3.71. The first-order valence-corrected chi connectivity index (χ1v) is 11.4. The summed E-state index contributed by atoms with van der Waals surface area (Å²) < 4.78 is 15.5. The molecule has 2 aliphatic rings. The summed E-state index contributed by atoms with van der Waals surface area (Å²) in [5.41, 5.74) is 0.826. The second kappa shape index (κ2) is 9.26. The zero-order chi connectivity index (χ0) is 20.2. The highest BCUT2D eigenvalue weighted by atomic mass is 32.2. The van der Waals surface area contributed by atoms with Crippen LogP contribution in [0.15, 0.2) is 29.4 Å². The number of amides is 1. The molecule has 0 aliphatic carbocycles. The lowest BCUT2D eigenvalue weighted by atomic mass is 10.1. The molecule has 3 heterocycles. The van der Waals surface area contributed by atoms with E-state index in [-0.39, 0.29) is 23.0 Å². The molecule has 4 rings (SSSR count). The summed E-state index contributed by atoms with van der Waals surface area (Å²) in [6.07, 6.45) is 6.50. The first-order valence-electron chi connectivity index (χ1n) is 10.5. The molecule has 0 spiro atoms. The van der Waals surface area contributed by atoms with E-state index < -0.39 is 0 Å². The van der Waals surface area contributed by atoms with Crippen LogP contribution < -0.4 is 5.32 Å². The fourth-order valence-electron chi connectivity index (χ4n) is 4.08. The van der Waals surface area contributed by atoms with Gasteiger partial charge in [0, 0.05) is 12.2 Å². The summed E-state index contributed by atoms with van der Waals surface area (Å²) in [5.74, 6) is 0.631. The minimum Gasteiger partial charge on any atom is -0.355 e. The van der Waals surface area contributed by atoms with Crippen LogP contribution in [0.1, 0.15) is 57.3 Å². The highest BCUT2D eigenvalue weighted by Gasteiger charge is 2.29. The zero-order valence-corrected chi connectivity index (χ0v) is 17.6. The molecule has 0 radical (unpaired) electrons. The number of benzene rings is 1. The van der Waals surface area contributed by atoms with Gasteiger partial charge < -0.3 is 5.32 Å². The van der Waals surface area contributed by atoms with Crippen LogP contribution in [0.2, 0.25) is 0 Å². The molecule has 1 aromatic carbocycles. The van der Waals surface area contributed by atoms with Crippen LogP contribution in [0, 0.1) is 5.82 Å². The number of aromatic nitrogens is 3. The highest BCUT2D eigenvalue weighted by molar-refractivity contribution is 8.00. The van der Waals surface area contributed by atoms with Crippen molar-refractivity contribution in [3.63, 3.8) is 0 Å². The molecule has 2 atom stereocenters. The summed E-state index contributed by atoms with van der Waals surface area (Å²) >= 11 is 1.46. The van der Waals surface area contributed by atoms with Crippen molar-refractivity contribution in [3.8, 4) is 5.69 Å². The topological polar surface area (TPSA) is 63.1 Å². The Kier molecular flexibility index (Phi) is 6.50. The number of likely N-dealkylation sites (tertiary alicyclic amines) is 1. The van der Waals surface area contributed by atoms with E-state index in [4.69, 9.17) is 0 Å². The molecule has 6 nitrogen and oxygen atoms in total. The molecule has 2 aliphatic heterocycles. The van der Waals surface area contributed by atoms with Gasteiger partial charge in [0.1, 0.15) is 5.82 Å². The van der Waals surface area contributed by atoms with Gasteiger partial charge in [0.15, 0.2) is 11.0 Å². The van der Waals surface area contributed by atoms with Gasteiger partial charge in [-0.05, 0) is 70.0 Å². The van der Waals surface area contributed by atoms with Crippen molar-refractivity contribution in [1.82, 2.24) is 25.0 Å². The first-order chi connectivity index (χ1) is 14.1. The quantitative estimate of drug-likeness (QED) is 0.803. The fraction of sp³-hybridized carbons (Fsp3) is 0.571. The maximum absolute atomic E-state index is 13.5. The smallest absolute Gasteiger partial charge is 0.233 e. The average Bonchev–Trinajstić information content (AvgIpc) is 3.05. The second-order valence-corrected chi connectivity index (χ2v) is 8.99. The number of carbonyl (C=O) groups is 1. The van der Waals surface area contributed by atoms with Gasteiger partial charge in [-0.25, -0.2) is 4.39 Å². The van der Waals surface area contributed by atoms with E-state index in [1.165, 1.54) is 43.2 Å². The lowest BCUT2D eigenvalue weighted by molar-refractivity contribution is -0.120. The van der Waals surface area contributed by atoms with Gasteiger partial charge in [0.2, 0.25) is 5.91 Å². The van der Waals surface area contributed by atoms with Gasteiger partial charge in [0.25, 0.3) is 0 Å². The number of carbonyl (C=O) groups excluding carboxylic acids is 1. The van der Waals surface area contributed by atoms with Gasteiger partial charge in [-0.1, -0.05) is 24.6 Å².